The van der Waals surface area contributed by atoms with E-state index in [1.807, 2.05) is 32.8 Å². The van der Waals surface area contributed by atoms with Crippen molar-refractivity contribution in [3.05, 3.63) is 0 Å². The summed E-state index contributed by atoms with van der Waals surface area (Å²) in [6, 6.07) is 0. The number of hydrogen-bond donors (Lipinski definition) is 1. The summed E-state index contributed by atoms with van der Waals surface area (Å²) >= 11 is 0. The van der Waals surface area contributed by atoms with Gasteiger partial charge in [-0.1, -0.05) is 0 Å². The highest BCUT2D eigenvalue weighted by Gasteiger charge is 2.01. The van der Waals surface area contributed by atoms with E-state index >= 15 is 0 Å². The van der Waals surface area contributed by atoms with Gasteiger partial charge in [-0.15, -0.1) is 0 Å². The molecule has 4 heteroatoms. The zero-order valence-corrected chi connectivity index (χ0v) is 8.96. The van der Waals surface area contributed by atoms with Crippen molar-refractivity contribution in [1.82, 2.24) is 10.2 Å². The van der Waals surface area contributed by atoms with Gasteiger partial charge in [-0.2, -0.15) is 0 Å². The topological polar surface area (TPSA) is 41.6 Å². The summed E-state index contributed by atoms with van der Waals surface area (Å²) < 4.78 is 5.14. The summed E-state index contributed by atoms with van der Waals surface area (Å²) in [5.74, 6) is -0.0458. The molecule has 0 heterocycles. The van der Waals surface area contributed by atoms with Gasteiger partial charge in [-0.05, 0) is 27.9 Å². The molecule has 0 fully saturated rings. The van der Waals surface area contributed by atoms with Gasteiger partial charge in [0.05, 0.1) is 6.10 Å². The number of carbonyl (C=O) groups is 1. The smallest absolute Gasteiger partial charge is 0.246 e. The van der Waals surface area contributed by atoms with Crippen LogP contribution in [0.4, 0.5) is 0 Å². The Kier molecular flexibility index (Phi) is 6.54. The molecule has 0 spiro atoms. The molecule has 0 rings (SSSR count). The maximum absolute atomic E-state index is 11.1. The Balaban J connectivity index is 3.30. The SMILES string of the molecule is CC(C)OCC(=O)NCCN(C)C. The monoisotopic (exact) mass is 188 g/mol. The van der Waals surface area contributed by atoms with E-state index in [2.05, 4.69) is 5.32 Å². The van der Waals surface area contributed by atoms with Crippen molar-refractivity contribution >= 4 is 5.91 Å². The summed E-state index contributed by atoms with van der Waals surface area (Å²) in [5.41, 5.74) is 0. The second kappa shape index (κ2) is 6.86. The van der Waals surface area contributed by atoms with Gasteiger partial charge in [0, 0.05) is 13.1 Å². The average molecular weight is 188 g/mol. The van der Waals surface area contributed by atoms with Gasteiger partial charge >= 0.3 is 0 Å². The highest BCUT2D eigenvalue weighted by Crippen LogP contribution is 1.85. The van der Waals surface area contributed by atoms with E-state index in [-0.39, 0.29) is 18.6 Å². The third-order valence-electron chi connectivity index (χ3n) is 1.43. The van der Waals surface area contributed by atoms with Crippen LogP contribution in [0.15, 0.2) is 0 Å². The lowest BCUT2D eigenvalue weighted by Gasteiger charge is -2.11. The molecular weight excluding hydrogens is 168 g/mol. The molecule has 0 aliphatic heterocycles. The fraction of sp³-hybridized carbons (Fsp3) is 0.889. The first-order valence-electron chi connectivity index (χ1n) is 4.55. The van der Waals surface area contributed by atoms with E-state index in [0.717, 1.165) is 6.54 Å². The first kappa shape index (κ1) is 12.4. The molecule has 0 saturated carbocycles. The summed E-state index contributed by atoms with van der Waals surface area (Å²) in [5, 5.41) is 2.76. The Hall–Kier alpha value is -0.610. The fourth-order valence-corrected chi connectivity index (χ4v) is 0.712. The van der Waals surface area contributed by atoms with E-state index < -0.39 is 0 Å². The van der Waals surface area contributed by atoms with Crippen LogP contribution in [0.25, 0.3) is 0 Å². The van der Waals surface area contributed by atoms with E-state index in [1.165, 1.54) is 0 Å². The molecule has 78 valence electrons. The highest BCUT2D eigenvalue weighted by atomic mass is 16.5. The molecular formula is C9H20N2O2. The summed E-state index contributed by atoms with van der Waals surface area (Å²) in [7, 11) is 3.94. The predicted molar refractivity (Wildman–Crippen MR) is 52.7 cm³/mol. The van der Waals surface area contributed by atoms with Crippen molar-refractivity contribution in [3.8, 4) is 0 Å². The second-order valence-electron chi connectivity index (χ2n) is 3.51. The van der Waals surface area contributed by atoms with Gasteiger partial charge in [0.15, 0.2) is 0 Å². The van der Waals surface area contributed by atoms with Crippen LogP contribution in [0, 0.1) is 0 Å². The summed E-state index contributed by atoms with van der Waals surface area (Å²) in [4.78, 5) is 13.1. The molecule has 0 unspecified atom stereocenters. The maximum Gasteiger partial charge on any atom is 0.246 e. The lowest BCUT2D eigenvalue weighted by atomic mass is 10.5. The summed E-state index contributed by atoms with van der Waals surface area (Å²) in [6.45, 7) is 5.51. The summed E-state index contributed by atoms with van der Waals surface area (Å²) in [6.07, 6.45) is 0.111. The van der Waals surface area contributed by atoms with Crippen molar-refractivity contribution in [1.29, 1.82) is 0 Å². The normalized spacial score (nSPS) is 10.9. The van der Waals surface area contributed by atoms with E-state index in [9.17, 15) is 4.79 Å². The lowest BCUT2D eigenvalue weighted by molar-refractivity contribution is -0.127. The molecule has 0 aromatic carbocycles. The Morgan fingerprint density at radius 2 is 2.08 bits per heavy atom. The first-order valence-corrected chi connectivity index (χ1v) is 4.55. The quantitative estimate of drug-likeness (QED) is 0.642. The van der Waals surface area contributed by atoms with Crippen molar-refractivity contribution in [2.75, 3.05) is 33.8 Å². The Morgan fingerprint density at radius 1 is 1.46 bits per heavy atom. The third kappa shape index (κ3) is 9.30. The molecule has 0 aromatic heterocycles. The predicted octanol–water partition coefficient (Wildman–Crippen LogP) is 0.0892. The largest absolute Gasteiger partial charge is 0.369 e. The van der Waals surface area contributed by atoms with E-state index in [0.29, 0.717) is 6.54 Å². The molecule has 0 radical (unpaired) electrons. The third-order valence-corrected chi connectivity index (χ3v) is 1.43. The highest BCUT2D eigenvalue weighted by molar-refractivity contribution is 5.77. The average Bonchev–Trinajstić information content (AvgIpc) is 2.00. The number of amides is 1. The Morgan fingerprint density at radius 3 is 2.54 bits per heavy atom. The van der Waals surface area contributed by atoms with Gasteiger partial charge in [0.2, 0.25) is 5.91 Å². The Bertz CT molecular complexity index is 147. The minimum atomic E-state index is -0.0458. The van der Waals surface area contributed by atoms with Crippen LogP contribution in [-0.2, 0) is 9.53 Å². The van der Waals surface area contributed by atoms with Crippen LogP contribution in [0.3, 0.4) is 0 Å². The van der Waals surface area contributed by atoms with Crippen LogP contribution in [0.5, 0.6) is 0 Å². The molecule has 0 aliphatic carbocycles. The van der Waals surface area contributed by atoms with Crippen LogP contribution in [0.1, 0.15) is 13.8 Å². The number of nitrogens with one attached hydrogen (secondary N) is 1. The van der Waals surface area contributed by atoms with Gasteiger partial charge in [0.1, 0.15) is 6.61 Å². The number of nitrogens with zero attached hydrogens (tertiary/aromatic N) is 1. The lowest BCUT2D eigenvalue weighted by Crippen LogP contribution is -2.34. The fourth-order valence-electron chi connectivity index (χ4n) is 0.712. The van der Waals surface area contributed by atoms with Crippen LogP contribution in [-0.4, -0.2) is 50.7 Å². The molecule has 0 atom stereocenters. The van der Waals surface area contributed by atoms with Gasteiger partial charge in [0.25, 0.3) is 0 Å². The standard InChI is InChI=1S/C9H20N2O2/c1-8(2)13-7-9(12)10-5-6-11(3)4/h8H,5-7H2,1-4H3,(H,10,12). The van der Waals surface area contributed by atoms with Crippen LogP contribution < -0.4 is 5.32 Å². The minimum absolute atomic E-state index is 0.0458. The van der Waals surface area contributed by atoms with Crippen molar-refractivity contribution in [2.24, 2.45) is 0 Å². The molecule has 1 amide bonds. The molecule has 13 heavy (non-hydrogen) atoms. The van der Waals surface area contributed by atoms with Crippen LogP contribution in [0.2, 0.25) is 0 Å². The van der Waals surface area contributed by atoms with Crippen molar-refractivity contribution < 1.29 is 9.53 Å². The zero-order valence-electron chi connectivity index (χ0n) is 8.96. The van der Waals surface area contributed by atoms with Gasteiger partial charge < -0.3 is 15.0 Å². The second-order valence-corrected chi connectivity index (χ2v) is 3.51. The molecule has 1 N–H and O–H groups in total. The maximum atomic E-state index is 11.1. The number of ether oxygens (including phenoxy) is 1. The molecule has 0 bridgehead atoms. The Labute approximate surface area is 80.2 Å². The molecule has 0 aromatic rings. The van der Waals surface area contributed by atoms with Crippen molar-refractivity contribution in [2.45, 2.75) is 20.0 Å². The molecule has 0 saturated heterocycles. The van der Waals surface area contributed by atoms with Crippen LogP contribution >= 0.6 is 0 Å². The number of hydrogen-bond acceptors (Lipinski definition) is 3. The van der Waals surface area contributed by atoms with Gasteiger partial charge in [-0.3, -0.25) is 4.79 Å². The zero-order chi connectivity index (χ0) is 10.3. The molecule has 0 aliphatic rings. The number of rotatable bonds is 6. The van der Waals surface area contributed by atoms with E-state index in [1.54, 1.807) is 0 Å². The number of likely N-dealkylation sites (N-methyl/N-ethyl adjacent to an activating group) is 1. The van der Waals surface area contributed by atoms with E-state index in [4.69, 9.17) is 4.74 Å². The molecule has 4 nitrogen and oxygen atoms in total. The first-order chi connectivity index (χ1) is 6.02. The number of carbonyl (C=O) groups excluding carboxylic acids is 1. The minimum Gasteiger partial charge on any atom is -0.369 e. The van der Waals surface area contributed by atoms with Crippen molar-refractivity contribution in [3.63, 3.8) is 0 Å². The van der Waals surface area contributed by atoms with Gasteiger partial charge in [-0.25, -0.2) is 0 Å².